The van der Waals surface area contributed by atoms with Crippen molar-refractivity contribution in [3.63, 3.8) is 0 Å². The number of nitrogens with one attached hydrogen (secondary N) is 1. The molecular formula is C15H24BrFN2. The van der Waals surface area contributed by atoms with Gasteiger partial charge >= 0.3 is 0 Å². The summed E-state index contributed by atoms with van der Waals surface area (Å²) in [4.78, 5) is 2.39. The van der Waals surface area contributed by atoms with Gasteiger partial charge in [0.1, 0.15) is 5.82 Å². The highest BCUT2D eigenvalue weighted by Crippen LogP contribution is 2.17. The van der Waals surface area contributed by atoms with E-state index in [4.69, 9.17) is 0 Å². The number of hydrogen-bond acceptors (Lipinski definition) is 2. The van der Waals surface area contributed by atoms with Crippen molar-refractivity contribution < 1.29 is 4.39 Å². The van der Waals surface area contributed by atoms with E-state index in [1.165, 1.54) is 6.07 Å². The third kappa shape index (κ3) is 5.59. The Morgan fingerprint density at radius 1 is 1.32 bits per heavy atom. The van der Waals surface area contributed by atoms with Crippen LogP contribution >= 0.6 is 15.9 Å². The molecule has 0 amide bonds. The summed E-state index contributed by atoms with van der Waals surface area (Å²) in [5.74, 6) is -0.119. The fourth-order valence-electron chi connectivity index (χ4n) is 2.19. The average molecular weight is 331 g/mol. The fraction of sp³-hybridized carbons (Fsp3) is 0.600. The summed E-state index contributed by atoms with van der Waals surface area (Å²) in [6.07, 6.45) is 1.76. The SMILES string of the molecule is CCN(CC)CCC(Cc1cc(Br)ccc1F)NC. The maximum atomic E-state index is 13.7. The first-order valence-corrected chi connectivity index (χ1v) is 7.73. The second-order valence-electron chi connectivity index (χ2n) is 4.74. The van der Waals surface area contributed by atoms with Gasteiger partial charge in [0.25, 0.3) is 0 Å². The largest absolute Gasteiger partial charge is 0.317 e. The Morgan fingerprint density at radius 2 is 2.00 bits per heavy atom. The second-order valence-corrected chi connectivity index (χ2v) is 5.66. The molecule has 0 aliphatic rings. The van der Waals surface area contributed by atoms with Crippen molar-refractivity contribution in [3.8, 4) is 0 Å². The minimum atomic E-state index is -0.119. The molecule has 0 aromatic heterocycles. The summed E-state index contributed by atoms with van der Waals surface area (Å²) in [5, 5.41) is 3.29. The van der Waals surface area contributed by atoms with Gasteiger partial charge in [-0.25, -0.2) is 4.39 Å². The zero-order chi connectivity index (χ0) is 14.3. The Hall–Kier alpha value is -0.450. The van der Waals surface area contributed by atoms with Crippen molar-refractivity contribution in [1.29, 1.82) is 0 Å². The van der Waals surface area contributed by atoms with Gasteiger partial charge < -0.3 is 10.2 Å². The van der Waals surface area contributed by atoms with Crippen molar-refractivity contribution >= 4 is 15.9 Å². The topological polar surface area (TPSA) is 15.3 Å². The number of benzene rings is 1. The Labute approximate surface area is 124 Å². The summed E-state index contributed by atoms with van der Waals surface area (Å²) in [6, 6.07) is 5.45. The van der Waals surface area contributed by atoms with E-state index < -0.39 is 0 Å². The maximum Gasteiger partial charge on any atom is 0.126 e. The fourth-order valence-corrected chi connectivity index (χ4v) is 2.60. The predicted octanol–water partition coefficient (Wildman–Crippen LogP) is 3.45. The lowest BCUT2D eigenvalue weighted by molar-refractivity contribution is 0.283. The van der Waals surface area contributed by atoms with Gasteiger partial charge in [0.05, 0.1) is 0 Å². The van der Waals surface area contributed by atoms with Crippen molar-refractivity contribution in [3.05, 3.63) is 34.1 Å². The first kappa shape index (κ1) is 16.6. The molecule has 0 saturated carbocycles. The van der Waals surface area contributed by atoms with E-state index in [1.54, 1.807) is 6.07 Å². The van der Waals surface area contributed by atoms with Crippen LogP contribution in [0.4, 0.5) is 4.39 Å². The summed E-state index contributed by atoms with van der Waals surface area (Å²) >= 11 is 3.40. The van der Waals surface area contributed by atoms with Crippen LogP contribution in [0.25, 0.3) is 0 Å². The predicted molar refractivity (Wildman–Crippen MR) is 83.1 cm³/mol. The minimum Gasteiger partial charge on any atom is -0.317 e. The van der Waals surface area contributed by atoms with Gasteiger partial charge in [-0.05, 0) is 63.3 Å². The molecule has 1 N–H and O–H groups in total. The Morgan fingerprint density at radius 3 is 2.58 bits per heavy atom. The maximum absolute atomic E-state index is 13.7. The van der Waals surface area contributed by atoms with E-state index in [-0.39, 0.29) is 5.82 Å². The molecule has 108 valence electrons. The number of likely N-dealkylation sites (N-methyl/N-ethyl adjacent to an activating group) is 1. The molecule has 0 saturated heterocycles. The molecule has 0 heterocycles. The Balaban J connectivity index is 2.58. The zero-order valence-corrected chi connectivity index (χ0v) is 13.6. The standard InChI is InChI=1S/C15H24BrFN2/c1-4-19(5-2)9-8-14(18-3)11-12-10-13(16)6-7-15(12)17/h6-7,10,14,18H,4-5,8-9,11H2,1-3H3. The monoisotopic (exact) mass is 330 g/mol. The first-order valence-electron chi connectivity index (χ1n) is 6.94. The van der Waals surface area contributed by atoms with E-state index in [2.05, 4.69) is 40.0 Å². The number of rotatable bonds is 8. The van der Waals surface area contributed by atoms with Crippen LogP contribution in [-0.4, -0.2) is 37.6 Å². The van der Waals surface area contributed by atoms with Crippen LogP contribution in [0.3, 0.4) is 0 Å². The lowest BCUT2D eigenvalue weighted by Gasteiger charge is -2.22. The highest BCUT2D eigenvalue weighted by Gasteiger charge is 2.12. The Bertz CT molecular complexity index is 380. The van der Waals surface area contributed by atoms with Crippen molar-refractivity contribution in [2.75, 3.05) is 26.7 Å². The molecule has 2 nitrogen and oxygen atoms in total. The number of hydrogen-bond donors (Lipinski definition) is 1. The van der Waals surface area contributed by atoms with E-state index in [0.717, 1.165) is 42.5 Å². The summed E-state index contributed by atoms with van der Waals surface area (Å²) < 4.78 is 14.7. The molecule has 0 radical (unpaired) electrons. The van der Waals surface area contributed by atoms with Crippen LogP contribution in [0.5, 0.6) is 0 Å². The van der Waals surface area contributed by atoms with Crippen LogP contribution in [0.15, 0.2) is 22.7 Å². The number of nitrogens with zero attached hydrogens (tertiary/aromatic N) is 1. The molecule has 0 fully saturated rings. The zero-order valence-electron chi connectivity index (χ0n) is 12.0. The van der Waals surface area contributed by atoms with Gasteiger partial charge in [0, 0.05) is 10.5 Å². The minimum absolute atomic E-state index is 0.119. The van der Waals surface area contributed by atoms with Crippen LogP contribution in [0, 0.1) is 5.82 Å². The molecule has 0 bridgehead atoms. The van der Waals surface area contributed by atoms with E-state index in [9.17, 15) is 4.39 Å². The van der Waals surface area contributed by atoms with Crippen LogP contribution < -0.4 is 5.32 Å². The van der Waals surface area contributed by atoms with Crippen LogP contribution in [0.1, 0.15) is 25.8 Å². The molecule has 19 heavy (non-hydrogen) atoms. The van der Waals surface area contributed by atoms with Gasteiger partial charge in [0.15, 0.2) is 0 Å². The molecule has 1 aromatic carbocycles. The van der Waals surface area contributed by atoms with Gasteiger partial charge in [-0.1, -0.05) is 29.8 Å². The normalized spacial score (nSPS) is 12.9. The molecule has 4 heteroatoms. The molecule has 0 spiro atoms. The second kappa shape index (κ2) is 8.67. The van der Waals surface area contributed by atoms with Gasteiger partial charge in [-0.15, -0.1) is 0 Å². The Kier molecular flexibility index (Phi) is 7.57. The third-order valence-electron chi connectivity index (χ3n) is 3.57. The lowest BCUT2D eigenvalue weighted by Crippen LogP contribution is -2.34. The van der Waals surface area contributed by atoms with Crippen LogP contribution in [0.2, 0.25) is 0 Å². The molecule has 1 unspecified atom stereocenters. The molecule has 1 atom stereocenters. The highest BCUT2D eigenvalue weighted by atomic mass is 79.9. The number of halogens is 2. The van der Waals surface area contributed by atoms with Gasteiger partial charge in [-0.3, -0.25) is 0 Å². The van der Waals surface area contributed by atoms with Gasteiger partial charge in [-0.2, -0.15) is 0 Å². The summed E-state index contributed by atoms with van der Waals surface area (Å²) in [5.41, 5.74) is 0.772. The van der Waals surface area contributed by atoms with Gasteiger partial charge in [0.2, 0.25) is 0 Å². The van der Waals surface area contributed by atoms with Crippen molar-refractivity contribution in [2.45, 2.75) is 32.7 Å². The molecule has 1 rings (SSSR count). The molecular weight excluding hydrogens is 307 g/mol. The van der Waals surface area contributed by atoms with E-state index in [0.29, 0.717) is 6.04 Å². The summed E-state index contributed by atoms with van der Waals surface area (Å²) in [7, 11) is 1.95. The lowest BCUT2D eigenvalue weighted by atomic mass is 10.0. The van der Waals surface area contributed by atoms with Crippen molar-refractivity contribution in [2.24, 2.45) is 0 Å². The first-order chi connectivity index (χ1) is 9.10. The smallest absolute Gasteiger partial charge is 0.126 e. The average Bonchev–Trinajstić information content (AvgIpc) is 2.42. The van der Waals surface area contributed by atoms with Crippen LogP contribution in [-0.2, 0) is 6.42 Å². The quantitative estimate of drug-likeness (QED) is 0.785. The van der Waals surface area contributed by atoms with Crippen molar-refractivity contribution in [1.82, 2.24) is 10.2 Å². The third-order valence-corrected chi connectivity index (χ3v) is 4.06. The molecule has 1 aromatic rings. The molecule has 0 aliphatic carbocycles. The van der Waals surface area contributed by atoms with E-state index in [1.807, 2.05) is 13.1 Å². The summed E-state index contributed by atoms with van der Waals surface area (Å²) in [6.45, 7) is 7.53. The molecule has 0 aliphatic heterocycles. The van der Waals surface area contributed by atoms with E-state index >= 15 is 0 Å². The highest BCUT2D eigenvalue weighted by molar-refractivity contribution is 9.10.